The van der Waals surface area contributed by atoms with Crippen LogP contribution < -0.4 is 0 Å². The Bertz CT molecular complexity index is 872. The summed E-state index contributed by atoms with van der Waals surface area (Å²) in [7, 11) is -2.48. The molecule has 1 aliphatic heterocycles. The molecule has 2 heteroatoms. The van der Waals surface area contributed by atoms with E-state index >= 15 is 0 Å². The molecule has 1 aliphatic carbocycles. The first kappa shape index (κ1) is 12.9. The van der Waals surface area contributed by atoms with E-state index in [9.17, 15) is 4.57 Å². The lowest BCUT2D eigenvalue weighted by Gasteiger charge is -2.24. The zero-order chi connectivity index (χ0) is 14.6. The predicted molar refractivity (Wildman–Crippen MR) is 90.8 cm³/mol. The highest BCUT2D eigenvalue weighted by Crippen LogP contribution is 2.68. The van der Waals surface area contributed by atoms with Crippen molar-refractivity contribution in [3.63, 3.8) is 0 Å². The van der Waals surface area contributed by atoms with E-state index in [0.717, 1.165) is 11.1 Å². The summed E-state index contributed by atoms with van der Waals surface area (Å²) in [5.41, 5.74) is 4.70. The second-order valence-electron chi connectivity index (χ2n) is 5.98. The second kappa shape index (κ2) is 4.32. The Hall–Kier alpha value is -1.85. The van der Waals surface area contributed by atoms with Crippen molar-refractivity contribution in [1.82, 2.24) is 0 Å². The molecule has 1 atom stereocenters. The average molecular weight is 292 g/mol. The van der Waals surface area contributed by atoms with Crippen molar-refractivity contribution in [2.75, 3.05) is 0 Å². The van der Waals surface area contributed by atoms with Gasteiger partial charge in [0.1, 0.15) is 7.14 Å². The summed E-state index contributed by atoms with van der Waals surface area (Å²) in [6, 6.07) is 12.7. The van der Waals surface area contributed by atoms with E-state index in [1.807, 2.05) is 25.5 Å². The van der Waals surface area contributed by atoms with Crippen molar-refractivity contribution in [2.24, 2.45) is 0 Å². The Labute approximate surface area is 125 Å². The molecule has 0 radical (unpaired) electrons. The first-order chi connectivity index (χ1) is 10.1. The van der Waals surface area contributed by atoms with Gasteiger partial charge in [0.25, 0.3) is 0 Å². The van der Waals surface area contributed by atoms with Crippen LogP contribution in [0.3, 0.4) is 0 Å². The zero-order valence-electron chi connectivity index (χ0n) is 12.2. The molecular weight excluding hydrogens is 275 g/mol. The van der Waals surface area contributed by atoms with Crippen LogP contribution in [0.2, 0.25) is 0 Å². The van der Waals surface area contributed by atoms with E-state index in [0.29, 0.717) is 0 Å². The molecule has 2 aliphatic rings. The number of hydrogen-bond acceptors (Lipinski definition) is 1. The number of allylic oxidation sites excluding steroid dienone is 3. The average Bonchev–Trinajstić information content (AvgIpc) is 2.74. The van der Waals surface area contributed by atoms with Crippen molar-refractivity contribution in [1.29, 1.82) is 0 Å². The lowest BCUT2D eigenvalue weighted by atomic mass is 9.93. The van der Waals surface area contributed by atoms with Gasteiger partial charge in [0.15, 0.2) is 0 Å². The van der Waals surface area contributed by atoms with Gasteiger partial charge in [-0.3, -0.25) is 0 Å². The van der Waals surface area contributed by atoms with E-state index in [2.05, 4.69) is 48.6 Å². The molecule has 0 aromatic heterocycles. The highest BCUT2D eigenvalue weighted by atomic mass is 31.2. The summed E-state index contributed by atoms with van der Waals surface area (Å²) < 4.78 is 13.4. The quantitative estimate of drug-likeness (QED) is 0.581. The minimum Gasteiger partial charge on any atom is -0.314 e. The van der Waals surface area contributed by atoms with E-state index < -0.39 is 7.14 Å². The first-order valence-corrected chi connectivity index (χ1v) is 9.18. The summed E-state index contributed by atoms with van der Waals surface area (Å²) in [6.07, 6.45) is 4.25. The van der Waals surface area contributed by atoms with Gasteiger partial charge in [0.2, 0.25) is 0 Å². The highest BCUT2D eigenvalue weighted by Gasteiger charge is 2.34. The minimum atomic E-state index is -2.48. The second-order valence-corrected chi connectivity index (χ2v) is 8.58. The van der Waals surface area contributed by atoms with Crippen LogP contribution in [0.1, 0.15) is 30.6 Å². The summed E-state index contributed by atoms with van der Waals surface area (Å²) in [6.45, 7) is 4.10. The fourth-order valence-electron chi connectivity index (χ4n) is 3.44. The van der Waals surface area contributed by atoms with Crippen LogP contribution in [-0.4, -0.2) is 0 Å². The maximum Gasteiger partial charge on any atom is 0.140 e. The van der Waals surface area contributed by atoms with Crippen molar-refractivity contribution >= 4 is 24.0 Å². The normalized spacial score (nSPS) is 22.3. The zero-order valence-corrected chi connectivity index (χ0v) is 13.1. The van der Waals surface area contributed by atoms with Crippen molar-refractivity contribution in [3.05, 3.63) is 76.4 Å². The lowest BCUT2D eigenvalue weighted by molar-refractivity contribution is 0.583. The van der Waals surface area contributed by atoms with Gasteiger partial charge < -0.3 is 4.57 Å². The van der Waals surface area contributed by atoms with Crippen molar-refractivity contribution < 1.29 is 4.57 Å². The van der Waals surface area contributed by atoms with Gasteiger partial charge in [-0.05, 0) is 58.5 Å². The maximum absolute atomic E-state index is 13.4. The van der Waals surface area contributed by atoms with E-state index in [1.165, 1.54) is 21.9 Å². The molecule has 0 spiro atoms. The topological polar surface area (TPSA) is 17.1 Å². The van der Waals surface area contributed by atoms with Crippen LogP contribution in [0.4, 0.5) is 0 Å². The SMILES string of the molecule is CC1=CP(=O)(C2C=Cc3cccc4cccc2c34)C=C1C. The molecule has 0 saturated heterocycles. The van der Waals surface area contributed by atoms with Gasteiger partial charge in [-0.2, -0.15) is 0 Å². The molecule has 1 heterocycles. The third-order valence-electron chi connectivity index (χ3n) is 4.59. The van der Waals surface area contributed by atoms with Gasteiger partial charge in [0.05, 0.1) is 5.66 Å². The number of hydrogen-bond donors (Lipinski definition) is 0. The van der Waals surface area contributed by atoms with Crippen molar-refractivity contribution in [2.45, 2.75) is 19.5 Å². The van der Waals surface area contributed by atoms with Gasteiger partial charge in [-0.15, -0.1) is 0 Å². The number of benzene rings is 2. The molecule has 2 aromatic rings. The van der Waals surface area contributed by atoms with Gasteiger partial charge >= 0.3 is 0 Å². The molecule has 21 heavy (non-hydrogen) atoms. The molecule has 0 bridgehead atoms. The third-order valence-corrected chi connectivity index (χ3v) is 7.50. The predicted octanol–water partition coefficient (Wildman–Crippen LogP) is 6.09. The van der Waals surface area contributed by atoms with Crippen LogP contribution in [0.5, 0.6) is 0 Å². The molecule has 0 N–H and O–H groups in total. The van der Waals surface area contributed by atoms with Crippen LogP contribution in [-0.2, 0) is 4.57 Å². The molecule has 4 rings (SSSR count). The summed E-state index contributed by atoms with van der Waals surface area (Å²) in [4.78, 5) is 0. The summed E-state index contributed by atoms with van der Waals surface area (Å²) in [5, 5.41) is 2.48. The first-order valence-electron chi connectivity index (χ1n) is 7.27. The summed E-state index contributed by atoms with van der Waals surface area (Å²) >= 11 is 0. The van der Waals surface area contributed by atoms with Crippen LogP contribution >= 0.6 is 7.14 Å². The Morgan fingerprint density at radius 1 is 0.952 bits per heavy atom. The molecule has 0 amide bonds. The van der Waals surface area contributed by atoms with E-state index in [1.54, 1.807) is 0 Å². The minimum absolute atomic E-state index is 0.0245. The standard InChI is InChI=1S/C19H17OP/c1-13-11-21(20,12-14(13)2)18-10-9-16-6-3-5-15-7-4-8-17(18)19(15)16/h3-12,18H,1-2H3. The Kier molecular flexibility index (Phi) is 2.65. The fourth-order valence-corrected chi connectivity index (χ4v) is 6.46. The summed E-state index contributed by atoms with van der Waals surface area (Å²) in [5.74, 6) is 3.98. The van der Waals surface area contributed by atoms with Crippen LogP contribution in [0.15, 0.2) is 65.3 Å². The molecule has 104 valence electrons. The van der Waals surface area contributed by atoms with Crippen LogP contribution in [0, 0.1) is 0 Å². The van der Waals surface area contributed by atoms with Gasteiger partial charge in [-0.1, -0.05) is 48.6 Å². The molecular formula is C19H17OP. The molecule has 1 unspecified atom stereocenters. The molecule has 0 saturated carbocycles. The molecule has 1 nitrogen and oxygen atoms in total. The Morgan fingerprint density at radius 2 is 1.62 bits per heavy atom. The Balaban J connectivity index is 1.99. The van der Waals surface area contributed by atoms with E-state index in [4.69, 9.17) is 0 Å². The number of rotatable bonds is 1. The molecule has 2 aromatic carbocycles. The highest BCUT2D eigenvalue weighted by molar-refractivity contribution is 7.71. The monoisotopic (exact) mass is 292 g/mol. The molecule has 0 fully saturated rings. The largest absolute Gasteiger partial charge is 0.314 e. The third kappa shape index (κ3) is 1.81. The fraction of sp³-hybridized carbons (Fsp3) is 0.158. The van der Waals surface area contributed by atoms with E-state index in [-0.39, 0.29) is 5.66 Å². The Morgan fingerprint density at radius 3 is 2.33 bits per heavy atom. The maximum atomic E-state index is 13.4. The van der Waals surface area contributed by atoms with Crippen LogP contribution in [0.25, 0.3) is 16.8 Å². The smallest absolute Gasteiger partial charge is 0.140 e. The lowest BCUT2D eigenvalue weighted by Crippen LogP contribution is -2.00. The van der Waals surface area contributed by atoms with Crippen molar-refractivity contribution in [3.8, 4) is 0 Å². The van der Waals surface area contributed by atoms with Gasteiger partial charge in [0, 0.05) is 0 Å². The van der Waals surface area contributed by atoms with Gasteiger partial charge in [-0.25, -0.2) is 0 Å².